The van der Waals surface area contributed by atoms with Crippen LogP contribution in [0.2, 0.25) is 10.0 Å². The number of unbranched alkanes of at least 4 members (excludes halogenated alkanes) is 3. The maximum atomic E-state index is 12.7. The van der Waals surface area contributed by atoms with E-state index >= 15 is 0 Å². The number of aromatic nitrogens is 2. The lowest BCUT2D eigenvalue weighted by molar-refractivity contribution is 0.0945. The second-order valence-electron chi connectivity index (χ2n) is 6.22. The Morgan fingerprint density at radius 3 is 2.70 bits per heavy atom. The van der Waals surface area contributed by atoms with E-state index in [9.17, 15) is 4.79 Å². The zero-order valence-corrected chi connectivity index (χ0v) is 16.6. The molecule has 0 spiro atoms. The van der Waals surface area contributed by atoms with Gasteiger partial charge >= 0.3 is 0 Å². The van der Waals surface area contributed by atoms with Crippen LogP contribution in [0.5, 0.6) is 0 Å². The maximum Gasteiger partial charge on any atom is 0.270 e. The van der Waals surface area contributed by atoms with Crippen molar-refractivity contribution >= 4 is 29.1 Å². The number of amides is 1. The smallest absolute Gasteiger partial charge is 0.270 e. The predicted molar refractivity (Wildman–Crippen MR) is 108 cm³/mol. The van der Waals surface area contributed by atoms with Gasteiger partial charge in [0.15, 0.2) is 5.76 Å². The number of furan rings is 1. The van der Waals surface area contributed by atoms with Gasteiger partial charge in [-0.25, -0.2) is 4.68 Å². The lowest BCUT2D eigenvalue weighted by atomic mass is 10.2. The van der Waals surface area contributed by atoms with E-state index in [4.69, 9.17) is 27.6 Å². The first-order valence-electron chi connectivity index (χ1n) is 8.97. The SMILES string of the molecule is CCCCCCNC(=O)c1cc(-c2ccco2)nn1-c1ccc(Cl)c(Cl)c1. The second kappa shape index (κ2) is 9.11. The van der Waals surface area contributed by atoms with Gasteiger partial charge in [0.25, 0.3) is 5.91 Å². The zero-order valence-electron chi connectivity index (χ0n) is 15.0. The van der Waals surface area contributed by atoms with Crippen molar-refractivity contribution in [2.75, 3.05) is 6.54 Å². The molecule has 0 fully saturated rings. The molecular formula is C20H21Cl2N3O2. The minimum atomic E-state index is -0.192. The predicted octanol–water partition coefficient (Wildman–Crippen LogP) is 5.75. The van der Waals surface area contributed by atoms with Gasteiger partial charge in [-0.15, -0.1) is 0 Å². The molecule has 0 unspecified atom stereocenters. The van der Waals surface area contributed by atoms with Crippen molar-refractivity contribution in [3.8, 4) is 17.1 Å². The van der Waals surface area contributed by atoms with Gasteiger partial charge in [-0.3, -0.25) is 4.79 Å². The largest absolute Gasteiger partial charge is 0.463 e. The lowest BCUT2D eigenvalue weighted by Gasteiger charge is -2.09. The summed E-state index contributed by atoms with van der Waals surface area (Å²) in [6.45, 7) is 2.78. The van der Waals surface area contributed by atoms with Crippen molar-refractivity contribution in [3.05, 3.63) is 58.4 Å². The molecule has 0 saturated carbocycles. The molecule has 1 aromatic carbocycles. The number of benzene rings is 1. The first kappa shape index (κ1) is 19.5. The van der Waals surface area contributed by atoms with Gasteiger partial charge in [-0.2, -0.15) is 5.10 Å². The number of nitrogens with one attached hydrogen (secondary N) is 1. The topological polar surface area (TPSA) is 60.1 Å². The number of carbonyl (C=O) groups is 1. The highest BCUT2D eigenvalue weighted by atomic mass is 35.5. The minimum Gasteiger partial charge on any atom is -0.463 e. The number of halogens is 2. The van der Waals surface area contributed by atoms with Crippen molar-refractivity contribution in [2.45, 2.75) is 32.6 Å². The zero-order chi connectivity index (χ0) is 19.2. The molecule has 3 rings (SSSR count). The van der Waals surface area contributed by atoms with Crippen LogP contribution in [0.1, 0.15) is 43.1 Å². The summed E-state index contributed by atoms with van der Waals surface area (Å²) in [6.07, 6.45) is 5.94. The Labute approximate surface area is 168 Å². The van der Waals surface area contributed by atoms with Crippen molar-refractivity contribution < 1.29 is 9.21 Å². The quantitative estimate of drug-likeness (QED) is 0.485. The van der Waals surface area contributed by atoms with Gasteiger partial charge in [0.1, 0.15) is 11.4 Å². The van der Waals surface area contributed by atoms with Crippen LogP contribution in [0.25, 0.3) is 17.1 Å². The Balaban J connectivity index is 1.88. The van der Waals surface area contributed by atoms with Crippen LogP contribution in [0.3, 0.4) is 0 Å². The first-order chi connectivity index (χ1) is 13.1. The van der Waals surface area contributed by atoms with E-state index in [-0.39, 0.29) is 5.91 Å². The Bertz CT molecular complexity index is 904. The van der Waals surface area contributed by atoms with Gasteiger partial charge in [-0.1, -0.05) is 49.4 Å². The molecule has 0 aliphatic rings. The van der Waals surface area contributed by atoms with Crippen LogP contribution in [-0.2, 0) is 0 Å². The molecule has 2 aromatic heterocycles. The van der Waals surface area contributed by atoms with Gasteiger partial charge in [0.2, 0.25) is 0 Å². The van der Waals surface area contributed by atoms with Gasteiger partial charge in [-0.05, 0) is 36.8 Å². The number of hydrogen-bond acceptors (Lipinski definition) is 3. The molecule has 1 N–H and O–H groups in total. The molecule has 0 aliphatic carbocycles. The van der Waals surface area contributed by atoms with Crippen molar-refractivity contribution in [3.63, 3.8) is 0 Å². The van der Waals surface area contributed by atoms with E-state index < -0.39 is 0 Å². The molecule has 0 saturated heterocycles. The molecular weight excluding hydrogens is 385 g/mol. The Kier molecular flexibility index (Phi) is 6.58. The van der Waals surface area contributed by atoms with E-state index in [0.29, 0.717) is 39.4 Å². The van der Waals surface area contributed by atoms with E-state index in [2.05, 4.69) is 17.3 Å². The molecule has 0 aliphatic heterocycles. The van der Waals surface area contributed by atoms with Gasteiger partial charge in [0, 0.05) is 12.6 Å². The first-order valence-corrected chi connectivity index (χ1v) is 9.73. The lowest BCUT2D eigenvalue weighted by Crippen LogP contribution is -2.26. The molecule has 1 amide bonds. The van der Waals surface area contributed by atoms with Crippen LogP contribution in [0.15, 0.2) is 47.1 Å². The molecule has 0 bridgehead atoms. The van der Waals surface area contributed by atoms with Crippen LogP contribution < -0.4 is 5.32 Å². The molecule has 0 radical (unpaired) electrons. The molecule has 7 heteroatoms. The fourth-order valence-electron chi connectivity index (χ4n) is 2.75. The van der Waals surface area contributed by atoms with Crippen molar-refractivity contribution in [2.24, 2.45) is 0 Å². The summed E-state index contributed by atoms with van der Waals surface area (Å²) in [6, 6.07) is 10.4. The van der Waals surface area contributed by atoms with E-state index in [1.807, 2.05) is 0 Å². The second-order valence-corrected chi connectivity index (χ2v) is 7.03. The van der Waals surface area contributed by atoms with Crippen LogP contribution in [0.4, 0.5) is 0 Å². The number of hydrogen-bond donors (Lipinski definition) is 1. The van der Waals surface area contributed by atoms with Crippen LogP contribution in [0, 0.1) is 0 Å². The van der Waals surface area contributed by atoms with Crippen LogP contribution in [-0.4, -0.2) is 22.2 Å². The van der Waals surface area contributed by atoms with E-state index in [0.717, 1.165) is 19.3 Å². The third kappa shape index (κ3) is 4.73. The van der Waals surface area contributed by atoms with Gasteiger partial charge < -0.3 is 9.73 Å². The molecule has 27 heavy (non-hydrogen) atoms. The monoisotopic (exact) mass is 405 g/mol. The summed E-state index contributed by atoms with van der Waals surface area (Å²) in [5.41, 5.74) is 1.64. The average Bonchev–Trinajstić information content (AvgIpc) is 3.33. The fourth-order valence-corrected chi connectivity index (χ4v) is 3.04. The highest BCUT2D eigenvalue weighted by Crippen LogP contribution is 2.27. The number of nitrogens with zero attached hydrogens (tertiary/aromatic N) is 2. The van der Waals surface area contributed by atoms with Crippen LogP contribution >= 0.6 is 23.2 Å². The van der Waals surface area contributed by atoms with E-state index in [1.54, 1.807) is 47.3 Å². The molecule has 0 atom stereocenters. The summed E-state index contributed by atoms with van der Waals surface area (Å²) < 4.78 is 6.97. The highest BCUT2D eigenvalue weighted by Gasteiger charge is 2.19. The maximum absolute atomic E-state index is 12.7. The number of carbonyl (C=O) groups excluding carboxylic acids is 1. The third-order valence-electron chi connectivity index (χ3n) is 4.18. The highest BCUT2D eigenvalue weighted by molar-refractivity contribution is 6.42. The Morgan fingerprint density at radius 1 is 1.15 bits per heavy atom. The molecule has 2 heterocycles. The third-order valence-corrected chi connectivity index (χ3v) is 4.92. The Morgan fingerprint density at radius 2 is 2.00 bits per heavy atom. The fraction of sp³-hybridized carbons (Fsp3) is 0.300. The van der Waals surface area contributed by atoms with Gasteiger partial charge in [0.05, 0.1) is 22.0 Å². The molecule has 5 nitrogen and oxygen atoms in total. The Hall–Kier alpha value is -2.24. The van der Waals surface area contributed by atoms with E-state index in [1.165, 1.54) is 6.42 Å². The molecule has 3 aromatic rings. The summed E-state index contributed by atoms with van der Waals surface area (Å²) in [4.78, 5) is 12.7. The summed E-state index contributed by atoms with van der Waals surface area (Å²) in [5.74, 6) is 0.397. The summed E-state index contributed by atoms with van der Waals surface area (Å²) in [5, 5.41) is 8.34. The summed E-state index contributed by atoms with van der Waals surface area (Å²) in [7, 11) is 0. The number of rotatable bonds is 8. The van der Waals surface area contributed by atoms with Crippen molar-refractivity contribution in [1.82, 2.24) is 15.1 Å². The molecule has 142 valence electrons. The standard InChI is InChI=1S/C20H21Cl2N3O2/c1-2-3-4-5-10-23-20(26)18-13-17(19-7-6-11-27-19)24-25(18)14-8-9-15(21)16(22)12-14/h6-9,11-13H,2-5,10H2,1H3,(H,23,26). The normalized spacial score (nSPS) is 10.9. The average molecular weight is 406 g/mol. The summed E-state index contributed by atoms with van der Waals surface area (Å²) >= 11 is 12.2. The minimum absolute atomic E-state index is 0.192. The van der Waals surface area contributed by atoms with Crippen molar-refractivity contribution in [1.29, 1.82) is 0 Å².